The first-order valence-corrected chi connectivity index (χ1v) is 9.37. The van der Waals surface area contributed by atoms with Crippen LogP contribution in [0, 0.1) is 0 Å². The minimum Gasteiger partial charge on any atom is -0.465 e. The number of hydrogen-bond acceptors (Lipinski definition) is 8. The van der Waals surface area contributed by atoms with Gasteiger partial charge in [-0.2, -0.15) is 0 Å². The number of ether oxygens (including phenoxy) is 4. The van der Waals surface area contributed by atoms with Crippen molar-refractivity contribution in [2.75, 3.05) is 7.11 Å². The highest BCUT2D eigenvalue weighted by Crippen LogP contribution is 2.19. The molecular weight excluding hydrogens is 416 g/mol. The van der Waals surface area contributed by atoms with Crippen molar-refractivity contribution >= 4 is 23.9 Å². The van der Waals surface area contributed by atoms with Gasteiger partial charge in [-0.05, 0) is 72.8 Å². The number of hydrogen-bond donors (Lipinski definition) is 0. The fourth-order valence-electron chi connectivity index (χ4n) is 2.59. The molecule has 0 aromatic heterocycles. The van der Waals surface area contributed by atoms with Crippen LogP contribution in [-0.4, -0.2) is 31.0 Å². The quantitative estimate of drug-likeness (QED) is 0.426. The van der Waals surface area contributed by atoms with E-state index in [2.05, 4.69) is 4.74 Å². The summed E-state index contributed by atoms with van der Waals surface area (Å²) in [7, 11) is 1.28. The van der Waals surface area contributed by atoms with Crippen LogP contribution >= 0.6 is 0 Å². The lowest BCUT2D eigenvalue weighted by molar-refractivity contribution is -0.131. The van der Waals surface area contributed by atoms with Gasteiger partial charge < -0.3 is 18.9 Å². The van der Waals surface area contributed by atoms with Gasteiger partial charge in [0, 0.05) is 6.92 Å². The van der Waals surface area contributed by atoms with Gasteiger partial charge in [0.25, 0.3) is 0 Å². The summed E-state index contributed by atoms with van der Waals surface area (Å²) in [5.41, 5.74) is 0.840. The third-order valence-electron chi connectivity index (χ3n) is 4.14. The molecule has 0 amide bonds. The summed E-state index contributed by atoms with van der Waals surface area (Å²) in [5.74, 6) is -1.37. The molecule has 0 spiro atoms. The Labute approximate surface area is 183 Å². The first-order valence-electron chi connectivity index (χ1n) is 9.37. The molecule has 8 heteroatoms. The highest BCUT2D eigenvalue weighted by atomic mass is 16.5. The van der Waals surface area contributed by atoms with Crippen molar-refractivity contribution in [3.05, 3.63) is 89.5 Å². The second-order valence-corrected chi connectivity index (χ2v) is 6.44. The maximum atomic E-state index is 12.3. The first kappa shape index (κ1) is 22.2. The molecule has 0 N–H and O–H groups in total. The molecule has 0 aliphatic rings. The molecule has 8 nitrogen and oxygen atoms in total. The highest BCUT2D eigenvalue weighted by molar-refractivity contribution is 5.93. The molecule has 0 atom stereocenters. The Bertz CT molecular complexity index is 1130. The molecule has 0 unspecified atom stereocenters. The molecule has 0 aliphatic carbocycles. The minimum atomic E-state index is -0.616. The number of rotatable bonds is 6. The van der Waals surface area contributed by atoms with Gasteiger partial charge in [0.2, 0.25) is 0 Å². The van der Waals surface area contributed by atoms with Crippen LogP contribution in [-0.2, 0) is 9.53 Å². The molecule has 0 aliphatic heterocycles. The number of benzene rings is 3. The molecule has 32 heavy (non-hydrogen) atoms. The fraction of sp³-hybridized carbons (Fsp3) is 0.0833. The second-order valence-electron chi connectivity index (χ2n) is 6.44. The highest BCUT2D eigenvalue weighted by Gasteiger charge is 2.13. The Morgan fingerprint density at radius 2 is 0.812 bits per heavy atom. The second kappa shape index (κ2) is 10.0. The van der Waals surface area contributed by atoms with E-state index < -0.39 is 23.9 Å². The Kier molecular flexibility index (Phi) is 6.97. The van der Waals surface area contributed by atoms with Gasteiger partial charge in [-0.3, -0.25) is 4.79 Å². The van der Waals surface area contributed by atoms with Gasteiger partial charge in [0.1, 0.15) is 17.2 Å². The summed E-state index contributed by atoms with van der Waals surface area (Å²) in [5, 5.41) is 0. The van der Waals surface area contributed by atoms with Crippen molar-refractivity contribution < 1.29 is 38.1 Å². The van der Waals surface area contributed by atoms with E-state index in [4.69, 9.17) is 14.2 Å². The molecule has 0 bridgehead atoms. The Morgan fingerprint density at radius 3 is 1.12 bits per heavy atom. The van der Waals surface area contributed by atoms with Crippen LogP contribution in [0.3, 0.4) is 0 Å². The van der Waals surface area contributed by atoms with Crippen molar-refractivity contribution in [1.29, 1.82) is 0 Å². The largest absolute Gasteiger partial charge is 0.465 e. The Balaban J connectivity index is 1.59. The van der Waals surface area contributed by atoms with Crippen LogP contribution < -0.4 is 14.2 Å². The SMILES string of the molecule is COC(=O)c1ccc(OC(=O)c2ccc(OC(=O)c3ccc(OC(C)=O)cc3)cc2)cc1. The van der Waals surface area contributed by atoms with Crippen molar-refractivity contribution in [3.63, 3.8) is 0 Å². The van der Waals surface area contributed by atoms with E-state index in [9.17, 15) is 19.2 Å². The Morgan fingerprint density at radius 1 is 0.500 bits per heavy atom. The Hall–Kier alpha value is -4.46. The van der Waals surface area contributed by atoms with Gasteiger partial charge in [-0.1, -0.05) is 0 Å². The molecule has 0 radical (unpaired) electrons. The molecule has 0 fully saturated rings. The predicted octanol–water partition coefficient (Wildman–Crippen LogP) is 3.84. The third-order valence-corrected chi connectivity index (χ3v) is 4.14. The molecule has 0 saturated heterocycles. The number of carbonyl (C=O) groups excluding carboxylic acids is 4. The van der Waals surface area contributed by atoms with Crippen LogP contribution in [0.4, 0.5) is 0 Å². The monoisotopic (exact) mass is 434 g/mol. The van der Waals surface area contributed by atoms with E-state index in [0.717, 1.165) is 0 Å². The average molecular weight is 434 g/mol. The van der Waals surface area contributed by atoms with E-state index in [0.29, 0.717) is 11.3 Å². The van der Waals surface area contributed by atoms with Gasteiger partial charge in [0.05, 0.1) is 23.8 Å². The normalized spacial score (nSPS) is 10.1. The molecule has 0 heterocycles. The molecule has 3 aromatic carbocycles. The van der Waals surface area contributed by atoms with Gasteiger partial charge in [-0.15, -0.1) is 0 Å². The maximum Gasteiger partial charge on any atom is 0.343 e. The summed E-state index contributed by atoms with van der Waals surface area (Å²) >= 11 is 0. The van der Waals surface area contributed by atoms with Crippen LogP contribution in [0.2, 0.25) is 0 Å². The molecule has 3 rings (SSSR count). The van der Waals surface area contributed by atoms with Crippen molar-refractivity contribution in [3.8, 4) is 17.2 Å². The summed E-state index contributed by atoms with van der Waals surface area (Å²) in [4.78, 5) is 46.9. The van der Waals surface area contributed by atoms with Crippen LogP contribution in [0.15, 0.2) is 72.8 Å². The van der Waals surface area contributed by atoms with E-state index in [1.165, 1.54) is 86.8 Å². The zero-order valence-electron chi connectivity index (χ0n) is 17.2. The zero-order valence-corrected chi connectivity index (χ0v) is 17.2. The smallest absolute Gasteiger partial charge is 0.343 e. The van der Waals surface area contributed by atoms with E-state index in [-0.39, 0.29) is 22.6 Å². The van der Waals surface area contributed by atoms with Crippen LogP contribution in [0.1, 0.15) is 38.0 Å². The molecule has 162 valence electrons. The van der Waals surface area contributed by atoms with Crippen molar-refractivity contribution in [2.24, 2.45) is 0 Å². The third kappa shape index (κ3) is 5.79. The zero-order chi connectivity index (χ0) is 23.1. The van der Waals surface area contributed by atoms with Crippen molar-refractivity contribution in [2.45, 2.75) is 6.92 Å². The minimum absolute atomic E-state index is 0.234. The summed E-state index contributed by atoms with van der Waals surface area (Å²) in [6, 6.07) is 17.7. The topological polar surface area (TPSA) is 105 Å². The van der Waals surface area contributed by atoms with Gasteiger partial charge in [0.15, 0.2) is 0 Å². The number of carbonyl (C=O) groups is 4. The number of methoxy groups -OCH3 is 1. The predicted molar refractivity (Wildman–Crippen MR) is 112 cm³/mol. The lowest BCUT2D eigenvalue weighted by atomic mass is 10.2. The van der Waals surface area contributed by atoms with E-state index in [1.54, 1.807) is 0 Å². The molecule has 3 aromatic rings. The van der Waals surface area contributed by atoms with E-state index in [1.807, 2.05) is 0 Å². The lowest BCUT2D eigenvalue weighted by Crippen LogP contribution is -2.10. The fourth-order valence-corrected chi connectivity index (χ4v) is 2.59. The van der Waals surface area contributed by atoms with Crippen molar-refractivity contribution in [1.82, 2.24) is 0 Å². The molecule has 0 saturated carbocycles. The van der Waals surface area contributed by atoms with E-state index >= 15 is 0 Å². The van der Waals surface area contributed by atoms with Crippen LogP contribution in [0.5, 0.6) is 17.2 Å². The van der Waals surface area contributed by atoms with Crippen LogP contribution in [0.25, 0.3) is 0 Å². The number of esters is 4. The standard InChI is InChI=1S/C24H18O8/c1-15(25)30-19-9-5-17(6-10-19)23(27)32-21-13-7-18(8-14-21)24(28)31-20-11-3-16(4-12-20)22(26)29-2/h3-14H,1-2H3. The first-order chi connectivity index (χ1) is 15.4. The lowest BCUT2D eigenvalue weighted by Gasteiger charge is -2.07. The molecular formula is C24H18O8. The van der Waals surface area contributed by atoms with Gasteiger partial charge in [-0.25, -0.2) is 14.4 Å². The average Bonchev–Trinajstić information content (AvgIpc) is 2.79. The summed E-state index contributed by atoms with van der Waals surface area (Å²) in [6.07, 6.45) is 0. The maximum absolute atomic E-state index is 12.3. The summed E-state index contributed by atoms with van der Waals surface area (Å²) < 4.78 is 20.1. The summed E-state index contributed by atoms with van der Waals surface area (Å²) in [6.45, 7) is 1.28. The van der Waals surface area contributed by atoms with Gasteiger partial charge >= 0.3 is 23.9 Å².